The molecule has 1 saturated heterocycles. The lowest BCUT2D eigenvalue weighted by Gasteiger charge is -2.23. The maximum absolute atomic E-state index is 9.33. The van der Waals surface area contributed by atoms with Gasteiger partial charge in [0.15, 0.2) is 6.19 Å². The zero-order valence-electron chi connectivity index (χ0n) is 15.2. The molecule has 0 saturated carbocycles. The third-order valence-corrected chi connectivity index (χ3v) is 5.39. The van der Waals surface area contributed by atoms with E-state index < -0.39 is 0 Å². The van der Waals surface area contributed by atoms with Crippen molar-refractivity contribution in [2.24, 2.45) is 0 Å². The standard InChI is InChI=1S/C22H22N4O/c23-11-16-1-3-18(4-2-16)21-10-17(12-25-20-5-7-27-8-6-20)9-19-13-26(15-24)14-22(19)21/h1-4,9-10,20,25H,5-8,12-14H2. The quantitative estimate of drug-likeness (QED) is 0.849. The van der Waals surface area contributed by atoms with Crippen molar-refractivity contribution in [1.82, 2.24) is 10.2 Å². The van der Waals surface area contributed by atoms with Gasteiger partial charge in [-0.05, 0) is 58.9 Å². The van der Waals surface area contributed by atoms with Crippen molar-refractivity contribution in [2.75, 3.05) is 13.2 Å². The average molecular weight is 358 g/mol. The Hall–Kier alpha value is -2.86. The summed E-state index contributed by atoms with van der Waals surface area (Å²) in [5, 5.41) is 22.0. The number of benzene rings is 2. The topological polar surface area (TPSA) is 72.1 Å². The van der Waals surface area contributed by atoms with Crippen LogP contribution in [-0.4, -0.2) is 24.2 Å². The Balaban J connectivity index is 1.63. The molecule has 136 valence electrons. The molecule has 0 radical (unpaired) electrons. The van der Waals surface area contributed by atoms with E-state index in [1.165, 1.54) is 22.3 Å². The minimum absolute atomic E-state index is 0.501. The van der Waals surface area contributed by atoms with Gasteiger partial charge in [-0.1, -0.05) is 18.2 Å². The van der Waals surface area contributed by atoms with Crippen molar-refractivity contribution in [1.29, 1.82) is 10.5 Å². The van der Waals surface area contributed by atoms with Crippen LogP contribution in [0.3, 0.4) is 0 Å². The van der Waals surface area contributed by atoms with Crippen molar-refractivity contribution in [3.63, 3.8) is 0 Å². The van der Waals surface area contributed by atoms with Crippen molar-refractivity contribution < 1.29 is 4.74 Å². The van der Waals surface area contributed by atoms with Gasteiger partial charge in [0.2, 0.25) is 0 Å². The van der Waals surface area contributed by atoms with Crippen molar-refractivity contribution >= 4 is 0 Å². The highest BCUT2D eigenvalue weighted by atomic mass is 16.5. The van der Waals surface area contributed by atoms with Crippen LogP contribution in [0.4, 0.5) is 0 Å². The highest BCUT2D eigenvalue weighted by Crippen LogP contribution is 2.34. The maximum atomic E-state index is 9.33. The molecule has 2 heterocycles. The average Bonchev–Trinajstić information content (AvgIpc) is 3.16. The molecule has 2 aliphatic rings. The van der Waals surface area contributed by atoms with Crippen LogP contribution in [0, 0.1) is 22.8 Å². The van der Waals surface area contributed by atoms with Gasteiger partial charge >= 0.3 is 0 Å². The summed E-state index contributed by atoms with van der Waals surface area (Å²) in [7, 11) is 0. The fourth-order valence-corrected chi connectivity index (χ4v) is 3.90. The highest BCUT2D eigenvalue weighted by molar-refractivity contribution is 5.71. The third-order valence-electron chi connectivity index (χ3n) is 5.39. The molecule has 5 heteroatoms. The Labute approximate surface area is 159 Å². The second-order valence-electron chi connectivity index (χ2n) is 7.19. The fraction of sp³-hybridized carbons (Fsp3) is 0.364. The summed E-state index contributed by atoms with van der Waals surface area (Å²) in [6.45, 7) is 3.79. The predicted octanol–water partition coefficient (Wildman–Crippen LogP) is 3.29. The molecule has 0 bridgehead atoms. The lowest BCUT2D eigenvalue weighted by Crippen LogP contribution is -2.34. The molecule has 0 spiro atoms. The van der Waals surface area contributed by atoms with Gasteiger partial charge in [0.05, 0.1) is 24.7 Å². The van der Waals surface area contributed by atoms with Crippen LogP contribution in [0.5, 0.6) is 0 Å². The molecule has 0 amide bonds. The molecule has 0 aromatic heterocycles. The van der Waals surface area contributed by atoms with E-state index in [0.717, 1.165) is 38.2 Å². The molecular formula is C22H22N4O. The lowest BCUT2D eigenvalue weighted by atomic mass is 9.93. The maximum Gasteiger partial charge on any atom is 0.179 e. The number of hydrogen-bond donors (Lipinski definition) is 1. The number of nitriles is 2. The monoisotopic (exact) mass is 358 g/mol. The molecule has 2 aliphatic heterocycles. The molecule has 1 fully saturated rings. The van der Waals surface area contributed by atoms with E-state index in [9.17, 15) is 5.26 Å². The summed E-state index contributed by atoms with van der Waals surface area (Å²) in [5.74, 6) is 0. The van der Waals surface area contributed by atoms with E-state index in [4.69, 9.17) is 10.00 Å². The SMILES string of the molecule is N#Cc1ccc(-c2cc(CNC3CCOCC3)cc3c2CN(C#N)C3)cc1. The number of nitrogens with one attached hydrogen (secondary N) is 1. The van der Waals surface area contributed by atoms with Crippen LogP contribution in [0.25, 0.3) is 11.1 Å². The Morgan fingerprint density at radius 2 is 1.85 bits per heavy atom. The van der Waals surface area contributed by atoms with E-state index in [2.05, 4.69) is 29.7 Å². The van der Waals surface area contributed by atoms with Gasteiger partial charge in [-0.15, -0.1) is 0 Å². The molecule has 2 aromatic carbocycles. The Kier molecular flexibility index (Phi) is 5.07. The summed E-state index contributed by atoms with van der Waals surface area (Å²) in [6, 6.07) is 14.8. The summed E-state index contributed by atoms with van der Waals surface area (Å²) in [6.07, 6.45) is 4.37. The molecule has 4 rings (SSSR count). The minimum atomic E-state index is 0.501. The normalized spacial score (nSPS) is 16.6. The minimum Gasteiger partial charge on any atom is -0.381 e. The molecule has 1 N–H and O–H groups in total. The summed E-state index contributed by atoms with van der Waals surface area (Å²) < 4.78 is 5.43. The van der Waals surface area contributed by atoms with Gasteiger partial charge in [0, 0.05) is 25.8 Å². The van der Waals surface area contributed by atoms with Crippen LogP contribution in [0.15, 0.2) is 36.4 Å². The van der Waals surface area contributed by atoms with Crippen LogP contribution < -0.4 is 5.32 Å². The van der Waals surface area contributed by atoms with Crippen molar-refractivity contribution in [3.05, 3.63) is 58.7 Å². The van der Waals surface area contributed by atoms with Gasteiger partial charge in [-0.3, -0.25) is 0 Å². The fourth-order valence-electron chi connectivity index (χ4n) is 3.90. The predicted molar refractivity (Wildman–Crippen MR) is 102 cm³/mol. The Morgan fingerprint density at radius 3 is 2.56 bits per heavy atom. The van der Waals surface area contributed by atoms with Crippen molar-refractivity contribution in [3.8, 4) is 23.4 Å². The molecule has 27 heavy (non-hydrogen) atoms. The first kappa shape index (κ1) is 17.5. The van der Waals surface area contributed by atoms with Crippen LogP contribution >= 0.6 is 0 Å². The van der Waals surface area contributed by atoms with Crippen LogP contribution in [0.1, 0.15) is 35.1 Å². The summed E-state index contributed by atoms with van der Waals surface area (Å²) in [4.78, 5) is 1.79. The van der Waals surface area contributed by atoms with Gasteiger partial charge < -0.3 is 15.0 Å². The van der Waals surface area contributed by atoms with Crippen molar-refractivity contribution in [2.45, 2.75) is 38.5 Å². The zero-order valence-corrected chi connectivity index (χ0v) is 15.2. The molecule has 5 nitrogen and oxygen atoms in total. The van der Waals surface area contributed by atoms with Gasteiger partial charge in [0.1, 0.15) is 0 Å². The summed E-state index contributed by atoms with van der Waals surface area (Å²) in [5.41, 5.74) is 6.60. The van der Waals surface area contributed by atoms with E-state index in [0.29, 0.717) is 24.7 Å². The molecule has 0 aliphatic carbocycles. The first-order valence-corrected chi connectivity index (χ1v) is 9.38. The van der Waals surface area contributed by atoms with E-state index >= 15 is 0 Å². The smallest absolute Gasteiger partial charge is 0.179 e. The number of hydrogen-bond acceptors (Lipinski definition) is 5. The molecule has 0 atom stereocenters. The first-order chi connectivity index (χ1) is 13.3. The second-order valence-corrected chi connectivity index (χ2v) is 7.19. The molecule has 2 aromatic rings. The Bertz CT molecular complexity index is 902. The second kappa shape index (κ2) is 7.80. The van der Waals surface area contributed by atoms with E-state index in [1.807, 2.05) is 24.3 Å². The zero-order chi connectivity index (χ0) is 18.6. The number of nitrogens with zero attached hydrogens (tertiary/aromatic N) is 3. The number of ether oxygens (including phenoxy) is 1. The largest absolute Gasteiger partial charge is 0.381 e. The van der Waals surface area contributed by atoms with Gasteiger partial charge in [-0.25, -0.2) is 0 Å². The molecule has 0 unspecified atom stereocenters. The summed E-state index contributed by atoms with van der Waals surface area (Å²) >= 11 is 0. The molecular weight excluding hydrogens is 336 g/mol. The van der Waals surface area contributed by atoms with Gasteiger partial charge in [-0.2, -0.15) is 10.5 Å². The third kappa shape index (κ3) is 3.80. The van der Waals surface area contributed by atoms with E-state index in [-0.39, 0.29) is 0 Å². The number of fused-ring (bicyclic) bond motifs is 1. The van der Waals surface area contributed by atoms with E-state index in [1.54, 1.807) is 4.90 Å². The highest BCUT2D eigenvalue weighted by Gasteiger charge is 2.23. The van der Waals surface area contributed by atoms with Crippen LogP contribution in [0.2, 0.25) is 0 Å². The Morgan fingerprint density at radius 1 is 1.07 bits per heavy atom. The first-order valence-electron chi connectivity index (χ1n) is 9.38. The number of rotatable bonds is 4. The van der Waals surface area contributed by atoms with Crippen LogP contribution in [-0.2, 0) is 24.4 Å². The lowest BCUT2D eigenvalue weighted by molar-refractivity contribution is 0.0776. The van der Waals surface area contributed by atoms with Gasteiger partial charge in [0.25, 0.3) is 0 Å².